The SMILES string of the molecule is CCCN(CC(=O)O)S(C)(=O)=O. The van der Waals surface area contributed by atoms with E-state index in [-0.39, 0.29) is 6.54 Å². The van der Waals surface area contributed by atoms with Gasteiger partial charge in [0.25, 0.3) is 0 Å². The number of carboxylic acid groups (broad SMARTS) is 1. The van der Waals surface area contributed by atoms with Crippen LogP contribution in [0.25, 0.3) is 0 Å². The Labute approximate surface area is 72.0 Å². The maximum Gasteiger partial charge on any atom is 0.318 e. The minimum atomic E-state index is -3.37. The summed E-state index contributed by atoms with van der Waals surface area (Å²) in [5.74, 6) is -1.13. The number of aliphatic carboxylic acids is 1. The second-order valence-electron chi connectivity index (χ2n) is 2.49. The molecule has 0 amide bonds. The van der Waals surface area contributed by atoms with E-state index in [9.17, 15) is 13.2 Å². The fourth-order valence-corrected chi connectivity index (χ4v) is 1.62. The summed E-state index contributed by atoms with van der Waals surface area (Å²) >= 11 is 0. The van der Waals surface area contributed by atoms with Gasteiger partial charge in [0.15, 0.2) is 0 Å². The van der Waals surface area contributed by atoms with Crippen molar-refractivity contribution in [2.45, 2.75) is 13.3 Å². The molecule has 72 valence electrons. The van der Waals surface area contributed by atoms with Gasteiger partial charge in [0, 0.05) is 6.54 Å². The van der Waals surface area contributed by atoms with Crippen LogP contribution in [0.1, 0.15) is 13.3 Å². The van der Waals surface area contributed by atoms with Crippen LogP contribution in [0.2, 0.25) is 0 Å². The number of hydrogen-bond acceptors (Lipinski definition) is 3. The van der Waals surface area contributed by atoms with Crippen molar-refractivity contribution in [1.82, 2.24) is 4.31 Å². The molecule has 0 bridgehead atoms. The van der Waals surface area contributed by atoms with Gasteiger partial charge in [-0.15, -0.1) is 0 Å². The third-order valence-corrected chi connectivity index (χ3v) is 2.50. The molecule has 0 spiro atoms. The zero-order valence-corrected chi connectivity index (χ0v) is 7.97. The van der Waals surface area contributed by atoms with Crippen LogP contribution < -0.4 is 0 Å². The summed E-state index contributed by atoms with van der Waals surface area (Å²) in [6.45, 7) is 1.60. The van der Waals surface area contributed by atoms with E-state index >= 15 is 0 Å². The molecule has 0 aliphatic rings. The summed E-state index contributed by atoms with van der Waals surface area (Å²) in [4.78, 5) is 10.2. The quantitative estimate of drug-likeness (QED) is 0.656. The van der Waals surface area contributed by atoms with Gasteiger partial charge in [0.1, 0.15) is 6.54 Å². The van der Waals surface area contributed by atoms with Gasteiger partial charge in [-0.2, -0.15) is 4.31 Å². The Hall–Kier alpha value is -0.620. The summed E-state index contributed by atoms with van der Waals surface area (Å²) < 4.78 is 22.8. The van der Waals surface area contributed by atoms with E-state index in [2.05, 4.69) is 0 Å². The number of sulfonamides is 1. The first-order chi connectivity index (χ1) is 5.38. The summed E-state index contributed by atoms with van der Waals surface area (Å²) in [5.41, 5.74) is 0. The van der Waals surface area contributed by atoms with Crippen LogP contribution in [0.4, 0.5) is 0 Å². The molecular formula is C6H13NO4S. The molecule has 0 unspecified atom stereocenters. The average molecular weight is 195 g/mol. The summed E-state index contributed by atoms with van der Waals surface area (Å²) in [6.07, 6.45) is 1.62. The van der Waals surface area contributed by atoms with Crippen molar-refractivity contribution >= 4 is 16.0 Å². The molecule has 0 atom stereocenters. The lowest BCUT2D eigenvalue weighted by Crippen LogP contribution is -2.35. The highest BCUT2D eigenvalue weighted by Gasteiger charge is 2.17. The summed E-state index contributed by atoms with van der Waals surface area (Å²) in [5, 5.41) is 8.37. The maximum absolute atomic E-state index is 10.9. The first kappa shape index (κ1) is 11.4. The second kappa shape index (κ2) is 4.42. The molecular weight excluding hydrogens is 182 g/mol. The van der Waals surface area contributed by atoms with E-state index in [0.29, 0.717) is 6.42 Å². The molecule has 0 fully saturated rings. The molecule has 5 nitrogen and oxygen atoms in total. The predicted molar refractivity (Wildman–Crippen MR) is 44.3 cm³/mol. The highest BCUT2D eigenvalue weighted by molar-refractivity contribution is 7.88. The van der Waals surface area contributed by atoms with Gasteiger partial charge in [-0.05, 0) is 6.42 Å². The van der Waals surface area contributed by atoms with E-state index in [4.69, 9.17) is 5.11 Å². The van der Waals surface area contributed by atoms with Crippen molar-refractivity contribution < 1.29 is 18.3 Å². The first-order valence-corrected chi connectivity index (χ1v) is 5.39. The lowest BCUT2D eigenvalue weighted by molar-refractivity contribution is -0.137. The van der Waals surface area contributed by atoms with Crippen LogP contribution in [0, 0.1) is 0 Å². The van der Waals surface area contributed by atoms with Crippen LogP contribution in [-0.2, 0) is 14.8 Å². The third kappa shape index (κ3) is 4.30. The Morgan fingerprint density at radius 3 is 2.25 bits per heavy atom. The molecule has 1 N–H and O–H groups in total. The second-order valence-corrected chi connectivity index (χ2v) is 4.47. The lowest BCUT2D eigenvalue weighted by atomic mass is 10.5. The van der Waals surface area contributed by atoms with Crippen LogP contribution in [0.3, 0.4) is 0 Å². The standard InChI is InChI=1S/C6H13NO4S/c1-3-4-7(5-6(8)9)12(2,10)11/h3-5H2,1-2H3,(H,8,9). The smallest absolute Gasteiger partial charge is 0.318 e. The molecule has 0 aromatic rings. The molecule has 0 aromatic heterocycles. The Morgan fingerprint density at radius 2 is 2.00 bits per heavy atom. The molecule has 0 rings (SSSR count). The normalized spacial score (nSPS) is 11.9. The van der Waals surface area contributed by atoms with Crippen molar-refractivity contribution in [3.8, 4) is 0 Å². The molecule has 0 aliphatic heterocycles. The average Bonchev–Trinajstić information content (AvgIpc) is 1.83. The monoisotopic (exact) mass is 195 g/mol. The van der Waals surface area contributed by atoms with Gasteiger partial charge in [0.05, 0.1) is 6.26 Å². The van der Waals surface area contributed by atoms with Gasteiger partial charge < -0.3 is 5.11 Å². The van der Waals surface area contributed by atoms with Crippen molar-refractivity contribution in [2.75, 3.05) is 19.3 Å². The summed E-state index contributed by atoms with van der Waals surface area (Å²) in [7, 11) is -3.37. The molecule has 0 aliphatic carbocycles. The van der Waals surface area contributed by atoms with E-state index in [1.165, 1.54) is 0 Å². The van der Waals surface area contributed by atoms with Gasteiger partial charge >= 0.3 is 5.97 Å². The van der Waals surface area contributed by atoms with Crippen LogP contribution in [0.5, 0.6) is 0 Å². The van der Waals surface area contributed by atoms with E-state index in [1.807, 2.05) is 0 Å². The Morgan fingerprint density at radius 1 is 1.50 bits per heavy atom. The van der Waals surface area contributed by atoms with Gasteiger partial charge in [-0.1, -0.05) is 6.92 Å². The largest absolute Gasteiger partial charge is 0.480 e. The number of nitrogens with zero attached hydrogens (tertiary/aromatic N) is 1. The zero-order valence-electron chi connectivity index (χ0n) is 7.15. The first-order valence-electron chi connectivity index (χ1n) is 3.55. The van der Waals surface area contributed by atoms with Crippen LogP contribution >= 0.6 is 0 Å². The zero-order chi connectivity index (χ0) is 9.78. The molecule has 0 saturated heterocycles. The van der Waals surface area contributed by atoms with Crippen LogP contribution in [-0.4, -0.2) is 43.1 Å². The van der Waals surface area contributed by atoms with E-state index in [1.54, 1.807) is 6.92 Å². The fraction of sp³-hybridized carbons (Fsp3) is 0.833. The number of rotatable bonds is 5. The maximum atomic E-state index is 10.9. The highest BCUT2D eigenvalue weighted by atomic mass is 32.2. The van der Waals surface area contributed by atoms with Gasteiger partial charge in [-0.3, -0.25) is 4.79 Å². The number of carbonyl (C=O) groups is 1. The molecule has 0 radical (unpaired) electrons. The van der Waals surface area contributed by atoms with Crippen molar-refractivity contribution in [2.24, 2.45) is 0 Å². The molecule has 12 heavy (non-hydrogen) atoms. The molecule has 6 heteroatoms. The Kier molecular flexibility index (Phi) is 4.19. The Bertz CT molecular complexity index is 246. The minimum absolute atomic E-state index is 0.255. The lowest BCUT2D eigenvalue weighted by Gasteiger charge is -2.15. The van der Waals surface area contributed by atoms with Crippen molar-refractivity contribution in [3.05, 3.63) is 0 Å². The topological polar surface area (TPSA) is 74.7 Å². The van der Waals surface area contributed by atoms with Gasteiger partial charge in [-0.25, -0.2) is 8.42 Å². The fourth-order valence-electron chi connectivity index (χ4n) is 0.762. The van der Waals surface area contributed by atoms with Gasteiger partial charge in [0.2, 0.25) is 10.0 Å². The van der Waals surface area contributed by atoms with E-state index in [0.717, 1.165) is 10.6 Å². The summed E-state index contributed by atoms with van der Waals surface area (Å²) in [6, 6.07) is 0. The number of hydrogen-bond donors (Lipinski definition) is 1. The molecule has 0 aromatic carbocycles. The number of carboxylic acids is 1. The van der Waals surface area contributed by atoms with Crippen molar-refractivity contribution in [3.63, 3.8) is 0 Å². The van der Waals surface area contributed by atoms with Crippen LogP contribution in [0.15, 0.2) is 0 Å². The Balaban J connectivity index is 4.34. The highest BCUT2D eigenvalue weighted by Crippen LogP contribution is 1.98. The molecule has 0 heterocycles. The van der Waals surface area contributed by atoms with E-state index < -0.39 is 22.5 Å². The van der Waals surface area contributed by atoms with Crippen molar-refractivity contribution in [1.29, 1.82) is 0 Å². The molecule has 0 saturated carbocycles. The predicted octanol–water partition coefficient (Wildman–Crippen LogP) is -0.257. The minimum Gasteiger partial charge on any atom is -0.480 e. The third-order valence-electron chi connectivity index (χ3n) is 1.25.